The summed E-state index contributed by atoms with van der Waals surface area (Å²) in [6.45, 7) is 1.04. The second-order valence-electron chi connectivity index (χ2n) is 3.73. The molecule has 0 aliphatic carbocycles. The van der Waals surface area contributed by atoms with Crippen molar-refractivity contribution in [3.8, 4) is 0 Å². The molecule has 2 aliphatic heterocycles. The van der Waals surface area contributed by atoms with Crippen LogP contribution >= 0.6 is 0 Å². The molecule has 1 unspecified atom stereocenters. The maximum absolute atomic E-state index is 11.8. The van der Waals surface area contributed by atoms with Crippen molar-refractivity contribution in [1.29, 1.82) is 0 Å². The molecule has 0 spiro atoms. The summed E-state index contributed by atoms with van der Waals surface area (Å²) in [5, 5.41) is 8.74. The average Bonchev–Trinajstić information content (AvgIpc) is 2.63. The molecule has 2 amide bonds. The second kappa shape index (κ2) is 3.57. The summed E-state index contributed by atoms with van der Waals surface area (Å²) in [6, 6.07) is -0.247. The highest BCUT2D eigenvalue weighted by atomic mass is 16.3. The van der Waals surface area contributed by atoms with Crippen LogP contribution in [0.4, 0.5) is 0 Å². The van der Waals surface area contributed by atoms with Crippen molar-refractivity contribution in [2.45, 2.75) is 18.9 Å². The first-order valence-electron chi connectivity index (χ1n) is 4.93. The molecule has 2 aliphatic rings. The molecule has 0 aromatic heterocycles. The maximum Gasteiger partial charge on any atom is 0.245 e. The van der Waals surface area contributed by atoms with Gasteiger partial charge in [-0.1, -0.05) is 0 Å². The number of nitrogens with zero attached hydrogens (tertiary/aromatic N) is 2. The lowest BCUT2D eigenvalue weighted by Gasteiger charge is -2.35. The van der Waals surface area contributed by atoms with Crippen LogP contribution in [0.1, 0.15) is 12.8 Å². The summed E-state index contributed by atoms with van der Waals surface area (Å²) in [5.74, 6) is 0.0108. The Balaban J connectivity index is 2.12. The number of aliphatic hydroxyl groups is 1. The van der Waals surface area contributed by atoms with Gasteiger partial charge in [0.05, 0.1) is 13.2 Å². The Bertz CT molecular complexity index is 267. The minimum Gasteiger partial charge on any atom is -0.395 e. The number of piperazine rings is 1. The van der Waals surface area contributed by atoms with Crippen molar-refractivity contribution in [1.82, 2.24) is 9.80 Å². The maximum atomic E-state index is 11.8. The second-order valence-corrected chi connectivity index (χ2v) is 3.73. The molecule has 78 valence electrons. The number of β-amino-alcohol motifs (C(OH)–C–C–N with tert-alkyl or cyclic N) is 1. The third kappa shape index (κ3) is 1.37. The minimum absolute atomic E-state index is 0.00356. The molecule has 1 atom stereocenters. The van der Waals surface area contributed by atoms with Gasteiger partial charge in [0, 0.05) is 13.1 Å². The number of rotatable bonds is 2. The summed E-state index contributed by atoms with van der Waals surface area (Å²) >= 11 is 0. The van der Waals surface area contributed by atoms with Gasteiger partial charge in [0.15, 0.2) is 0 Å². The predicted molar refractivity (Wildman–Crippen MR) is 48.4 cm³/mol. The smallest absolute Gasteiger partial charge is 0.245 e. The first-order chi connectivity index (χ1) is 6.74. The molecule has 0 bridgehead atoms. The number of hydrogen-bond acceptors (Lipinski definition) is 3. The summed E-state index contributed by atoms with van der Waals surface area (Å²) in [5.41, 5.74) is 0. The number of fused-ring (bicyclic) bond motifs is 1. The Labute approximate surface area is 82.3 Å². The standard InChI is InChI=1S/C9H14N2O3/c12-5-4-10-6-8(13)11-3-1-2-7(11)9(10)14/h7,12H,1-6H2. The van der Waals surface area contributed by atoms with E-state index in [9.17, 15) is 9.59 Å². The molecule has 2 rings (SSSR count). The first kappa shape index (κ1) is 9.45. The fourth-order valence-corrected chi connectivity index (χ4v) is 2.17. The van der Waals surface area contributed by atoms with Gasteiger partial charge in [0.25, 0.3) is 0 Å². The van der Waals surface area contributed by atoms with Gasteiger partial charge in [-0.2, -0.15) is 0 Å². The molecular weight excluding hydrogens is 184 g/mol. The summed E-state index contributed by atoms with van der Waals surface area (Å²) in [4.78, 5) is 26.4. The number of aliphatic hydroxyl groups excluding tert-OH is 1. The highest BCUT2D eigenvalue weighted by Gasteiger charge is 2.41. The predicted octanol–water partition coefficient (Wildman–Crippen LogP) is -1.19. The molecule has 0 aromatic carbocycles. The Morgan fingerprint density at radius 3 is 2.93 bits per heavy atom. The van der Waals surface area contributed by atoms with E-state index >= 15 is 0 Å². The normalized spacial score (nSPS) is 27.1. The van der Waals surface area contributed by atoms with Gasteiger partial charge < -0.3 is 14.9 Å². The lowest BCUT2D eigenvalue weighted by Crippen LogP contribution is -2.57. The van der Waals surface area contributed by atoms with Crippen LogP contribution in [-0.4, -0.2) is 59.0 Å². The van der Waals surface area contributed by atoms with E-state index in [2.05, 4.69) is 0 Å². The highest BCUT2D eigenvalue weighted by molar-refractivity contribution is 5.95. The van der Waals surface area contributed by atoms with Gasteiger partial charge >= 0.3 is 0 Å². The lowest BCUT2D eigenvalue weighted by atomic mass is 10.1. The molecule has 1 N–H and O–H groups in total. The van der Waals surface area contributed by atoms with E-state index in [1.54, 1.807) is 4.90 Å². The van der Waals surface area contributed by atoms with Gasteiger partial charge in [-0.05, 0) is 12.8 Å². The van der Waals surface area contributed by atoms with Gasteiger partial charge in [-0.15, -0.1) is 0 Å². The first-order valence-corrected chi connectivity index (χ1v) is 4.93. The zero-order chi connectivity index (χ0) is 10.1. The average molecular weight is 198 g/mol. The Hall–Kier alpha value is -1.10. The van der Waals surface area contributed by atoms with Crippen LogP contribution in [-0.2, 0) is 9.59 Å². The van der Waals surface area contributed by atoms with Crippen molar-refractivity contribution in [3.05, 3.63) is 0 Å². The largest absolute Gasteiger partial charge is 0.395 e. The lowest BCUT2D eigenvalue weighted by molar-refractivity contribution is -0.153. The van der Waals surface area contributed by atoms with Crippen LogP contribution in [0.15, 0.2) is 0 Å². The van der Waals surface area contributed by atoms with Gasteiger partial charge in [0.2, 0.25) is 11.8 Å². The van der Waals surface area contributed by atoms with E-state index in [0.717, 1.165) is 12.8 Å². The monoisotopic (exact) mass is 198 g/mol. The van der Waals surface area contributed by atoms with Crippen LogP contribution < -0.4 is 0 Å². The summed E-state index contributed by atoms with van der Waals surface area (Å²) in [7, 11) is 0. The molecular formula is C9H14N2O3. The van der Waals surface area contributed by atoms with E-state index in [1.165, 1.54) is 4.90 Å². The van der Waals surface area contributed by atoms with Crippen molar-refractivity contribution >= 4 is 11.8 Å². The number of amides is 2. The van der Waals surface area contributed by atoms with Crippen molar-refractivity contribution in [3.63, 3.8) is 0 Å². The van der Waals surface area contributed by atoms with Crippen LogP contribution in [0.5, 0.6) is 0 Å². The third-order valence-electron chi connectivity index (χ3n) is 2.87. The molecule has 2 fully saturated rings. The van der Waals surface area contributed by atoms with E-state index < -0.39 is 0 Å². The fourth-order valence-electron chi connectivity index (χ4n) is 2.17. The number of carbonyl (C=O) groups excluding carboxylic acids is 2. The van der Waals surface area contributed by atoms with Crippen molar-refractivity contribution in [2.75, 3.05) is 26.2 Å². The molecule has 5 nitrogen and oxygen atoms in total. The third-order valence-corrected chi connectivity index (χ3v) is 2.87. The van der Waals surface area contributed by atoms with Gasteiger partial charge in [-0.25, -0.2) is 0 Å². The molecule has 2 heterocycles. The highest BCUT2D eigenvalue weighted by Crippen LogP contribution is 2.23. The van der Waals surface area contributed by atoms with E-state index in [4.69, 9.17) is 5.11 Å². The minimum atomic E-state index is -0.247. The van der Waals surface area contributed by atoms with Crippen molar-refractivity contribution in [2.24, 2.45) is 0 Å². The topological polar surface area (TPSA) is 60.9 Å². The van der Waals surface area contributed by atoms with Crippen LogP contribution in [0.2, 0.25) is 0 Å². The Morgan fingerprint density at radius 2 is 2.21 bits per heavy atom. The zero-order valence-corrected chi connectivity index (χ0v) is 7.98. The van der Waals surface area contributed by atoms with Crippen molar-refractivity contribution < 1.29 is 14.7 Å². The van der Waals surface area contributed by atoms with Crippen LogP contribution in [0.25, 0.3) is 0 Å². The van der Waals surface area contributed by atoms with Crippen LogP contribution in [0.3, 0.4) is 0 Å². The SMILES string of the molecule is O=C1C2CCCN2C(=O)CN1CCO. The molecule has 2 saturated heterocycles. The fraction of sp³-hybridized carbons (Fsp3) is 0.778. The van der Waals surface area contributed by atoms with Gasteiger partial charge in [-0.3, -0.25) is 9.59 Å². The molecule has 0 saturated carbocycles. The zero-order valence-electron chi connectivity index (χ0n) is 7.98. The number of hydrogen-bond donors (Lipinski definition) is 1. The quantitative estimate of drug-likeness (QED) is 0.607. The van der Waals surface area contributed by atoms with E-state index in [-0.39, 0.29) is 37.6 Å². The van der Waals surface area contributed by atoms with Gasteiger partial charge in [0.1, 0.15) is 6.04 Å². The summed E-state index contributed by atoms with van der Waals surface area (Å²) < 4.78 is 0. The molecule has 5 heteroatoms. The Morgan fingerprint density at radius 1 is 1.43 bits per heavy atom. The summed E-state index contributed by atoms with van der Waals surface area (Å²) in [6.07, 6.45) is 1.68. The Kier molecular flexibility index (Phi) is 2.41. The van der Waals surface area contributed by atoms with Crippen LogP contribution in [0, 0.1) is 0 Å². The van der Waals surface area contributed by atoms with E-state index in [0.29, 0.717) is 6.54 Å². The molecule has 0 aromatic rings. The molecule has 0 radical (unpaired) electrons. The molecule has 14 heavy (non-hydrogen) atoms. The number of carbonyl (C=O) groups is 2. The van der Waals surface area contributed by atoms with E-state index in [1.807, 2.05) is 0 Å².